The van der Waals surface area contributed by atoms with Gasteiger partial charge in [-0.3, -0.25) is 9.59 Å². The van der Waals surface area contributed by atoms with Gasteiger partial charge in [0.15, 0.2) is 0 Å². The minimum absolute atomic E-state index is 0.0459. The summed E-state index contributed by atoms with van der Waals surface area (Å²) in [6, 6.07) is 8.05. The summed E-state index contributed by atoms with van der Waals surface area (Å²) in [5.41, 5.74) is 2.33. The van der Waals surface area contributed by atoms with Crippen molar-refractivity contribution in [1.29, 1.82) is 0 Å². The highest BCUT2D eigenvalue weighted by Crippen LogP contribution is 2.34. The molecule has 0 radical (unpaired) electrons. The van der Waals surface area contributed by atoms with Crippen LogP contribution in [-0.2, 0) is 20.7 Å². The van der Waals surface area contributed by atoms with Gasteiger partial charge in [-0.15, -0.1) is 0 Å². The molecule has 0 fully saturated rings. The zero-order valence-electron chi connectivity index (χ0n) is 14.5. The van der Waals surface area contributed by atoms with Crippen molar-refractivity contribution in [2.24, 2.45) is 5.92 Å². The molecule has 0 aromatic heterocycles. The lowest BCUT2D eigenvalue weighted by molar-refractivity contribution is -0.143. The van der Waals surface area contributed by atoms with E-state index in [-0.39, 0.29) is 18.4 Å². The molecule has 2 atom stereocenters. The zero-order chi connectivity index (χ0) is 17.5. The Morgan fingerprint density at radius 2 is 2.12 bits per heavy atom. The average molecular weight is 333 g/mol. The first-order chi connectivity index (χ1) is 11.5. The van der Waals surface area contributed by atoms with Gasteiger partial charge in [-0.25, -0.2) is 0 Å². The molecule has 0 spiro atoms. The van der Waals surface area contributed by atoms with Crippen molar-refractivity contribution in [2.75, 3.05) is 26.3 Å². The fourth-order valence-corrected chi connectivity index (χ4v) is 3.24. The molecule has 1 aromatic rings. The van der Waals surface area contributed by atoms with E-state index in [2.05, 4.69) is 6.07 Å². The highest BCUT2D eigenvalue weighted by molar-refractivity contribution is 5.85. The van der Waals surface area contributed by atoms with Crippen LogP contribution in [0.3, 0.4) is 0 Å². The van der Waals surface area contributed by atoms with Gasteiger partial charge < -0.3 is 14.7 Å². The van der Waals surface area contributed by atoms with Crippen LogP contribution in [0.5, 0.6) is 0 Å². The average Bonchev–Trinajstić information content (AvgIpc) is 3.00. The summed E-state index contributed by atoms with van der Waals surface area (Å²) in [6.07, 6.45) is 2.44. The molecule has 5 heteroatoms. The number of hydrogen-bond acceptors (Lipinski definition) is 3. The Morgan fingerprint density at radius 1 is 1.38 bits per heavy atom. The molecule has 0 saturated heterocycles. The SMILES string of the molecule is CCOCCCN(CC(C)C(=O)O)C(=O)C1CCc2ccccc21. The van der Waals surface area contributed by atoms with Gasteiger partial charge in [0.2, 0.25) is 5.91 Å². The van der Waals surface area contributed by atoms with Crippen molar-refractivity contribution in [3.8, 4) is 0 Å². The predicted molar refractivity (Wildman–Crippen MR) is 92.0 cm³/mol. The van der Waals surface area contributed by atoms with Gasteiger partial charge in [-0.05, 0) is 37.3 Å². The van der Waals surface area contributed by atoms with Crippen LogP contribution in [0.4, 0.5) is 0 Å². The molecule has 0 heterocycles. The third kappa shape index (κ3) is 4.57. The largest absolute Gasteiger partial charge is 0.481 e. The molecule has 2 unspecified atom stereocenters. The van der Waals surface area contributed by atoms with Crippen LogP contribution >= 0.6 is 0 Å². The number of rotatable bonds is 9. The van der Waals surface area contributed by atoms with E-state index >= 15 is 0 Å². The molecule has 24 heavy (non-hydrogen) atoms. The minimum Gasteiger partial charge on any atom is -0.481 e. The number of aliphatic carboxylic acids is 1. The molecule has 0 saturated carbocycles. The van der Waals surface area contributed by atoms with Crippen LogP contribution in [-0.4, -0.2) is 48.2 Å². The third-order valence-corrected chi connectivity index (χ3v) is 4.58. The molecular weight excluding hydrogens is 306 g/mol. The van der Waals surface area contributed by atoms with Crippen LogP contribution in [0.1, 0.15) is 43.7 Å². The second-order valence-electron chi connectivity index (χ2n) is 6.36. The van der Waals surface area contributed by atoms with Crippen molar-refractivity contribution >= 4 is 11.9 Å². The van der Waals surface area contributed by atoms with Gasteiger partial charge in [0, 0.05) is 26.3 Å². The topological polar surface area (TPSA) is 66.8 Å². The Labute approximate surface area is 143 Å². The van der Waals surface area contributed by atoms with E-state index in [1.807, 2.05) is 25.1 Å². The zero-order valence-corrected chi connectivity index (χ0v) is 14.5. The number of aryl methyl sites for hydroxylation is 1. The van der Waals surface area contributed by atoms with Gasteiger partial charge >= 0.3 is 5.97 Å². The number of amides is 1. The van der Waals surface area contributed by atoms with Crippen LogP contribution in [0.2, 0.25) is 0 Å². The Kier molecular flexibility index (Phi) is 6.79. The van der Waals surface area contributed by atoms with Crippen molar-refractivity contribution in [3.63, 3.8) is 0 Å². The number of carboxylic acids is 1. The fourth-order valence-electron chi connectivity index (χ4n) is 3.24. The maximum atomic E-state index is 13.0. The summed E-state index contributed by atoms with van der Waals surface area (Å²) < 4.78 is 5.34. The summed E-state index contributed by atoms with van der Waals surface area (Å²) in [7, 11) is 0. The Morgan fingerprint density at radius 3 is 2.83 bits per heavy atom. The molecule has 1 aliphatic rings. The number of carbonyl (C=O) groups excluding carboxylic acids is 1. The lowest BCUT2D eigenvalue weighted by Gasteiger charge is -2.27. The van der Waals surface area contributed by atoms with E-state index in [4.69, 9.17) is 4.74 Å². The standard InChI is InChI=1S/C19H27NO4/c1-3-24-12-6-11-20(13-14(2)19(22)23)18(21)17-10-9-15-7-4-5-8-16(15)17/h4-5,7-8,14,17H,3,6,9-13H2,1-2H3,(H,22,23). The highest BCUT2D eigenvalue weighted by Gasteiger charge is 2.32. The van der Waals surface area contributed by atoms with E-state index in [1.54, 1.807) is 11.8 Å². The van der Waals surface area contributed by atoms with E-state index in [1.165, 1.54) is 5.56 Å². The second kappa shape index (κ2) is 8.83. The van der Waals surface area contributed by atoms with E-state index in [0.717, 1.165) is 24.8 Å². The quantitative estimate of drug-likeness (QED) is 0.706. The lowest BCUT2D eigenvalue weighted by Crippen LogP contribution is -2.40. The fraction of sp³-hybridized carbons (Fsp3) is 0.579. The van der Waals surface area contributed by atoms with Crippen molar-refractivity contribution in [1.82, 2.24) is 4.90 Å². The smallest absolute Gasteiger partial charge is 0.308 e. The molecule has 132 valence electrons. The van der Waals surface area contributed by atoms with Crippen LogP contribution < -0.4 is 0 Å². The molecule has 0 aliphatic heterocycles. The monoisotopic (exact) mass is 333 g/mol. The number of fused-ring (bicyclic) bond motifs is 1. The second-order valence-corrected chi connectivity index (χ2v) is 6.36. The Hall–Kier alpha value is -1.88. The predicted octanol–water partition coefficient (Wildman–Crippen LogP) is 2.69. The number of ether oxygens (including phenoxy) is 1. The number of hydrogen-bond donors (Lipinski definition) is 1. The minimum atomic E-state index is -0.871. The first-order valence-corrected chi connectivity index (χ1v) is 8.71. The van der Waals surface area contributed by atoms with Crippen molar-refractivity contribution in [3.05, 3.63) is 35.4 Å². The molecule has 1 aliphatic carbocycles. The number of nitrogens with zero attached hydrogens (tertiary/aromatic N) is 1. The van der Waals surface area contributed by atoms with Gasteiger partial charge in [0.25, 0.3) is 0 Å². The van der Waals surface area contributed by atoms with E-state index in [9.17, 15) is 14.7 Å². The molecule has 1 N–H and O–H groups in total. The van der Waals surface area contributed by atoms with E-state index < -0.39 is 11.9 Å². The normalized spacial score (nSPS) is 17.3. The summed E-state index contributed by atoms with van der Waals surface area (Å²) in [4.78, 5) is 25.9. The molecule has 0 bridgehead atoms. The van der Waals surface area contributed by atoms with Gasteiger partial charge in [0.1, 0.15) is 0 Å². The molecule has 5 nitrogen and oxygen atoms in total. The van der Waals surface area contributed by atoms with Crippen LogP contribution in [0.15, 0.2) is 24.3 Å². The van der Waals surface area contributed by atoms with Crippen LogP contribution in [0, 0.1) is 5.92 Å². The summed E-state index contributed by atoms with van der Waals surface area (Å²) in [5.74, 6) is -1.54. The van der Waals surface area contributed by atoms with Gasteiger partial charge in [-0.1, -0.05) is 31.2 Å². The molecular formula is C19H27NO4. The first kappa shape index (κ1) is 18.5. The number of carbonyl (C=O) groups is 2. The molecule has 1 amide bonds. The number of benzene rings is 1. The molecule has 1 aromatic carbocycles. The maximum absolute atomic E-state index is 13.0. The summed E-state index contributed by atoms with van der Waals surface area (Å²) >= 11 is 0. The Balaban J connectivity index is 2.07. The lowest BCUT2D eigenvalue weighted by atomic mass is 9.99. The third-order valence-electron chi connectivity index (χ3n) is 4.58. The first-order valence-electron chi connectivity index (χ1n) is 8.71. The highest BCUT2D eigenvalue weighted by atomic mass is 16.5. The summed E-state index contributed by atoms with van der Waals surface area (Å²) in [6.45, 7) is 5.60. The number of carboxylic acid groups (broad SMARTS) is 1. The van der Waals surface area contributed by atoms with Crippen LogP contribution in [0.25, 0.3) is 0 Å². The van der Waals surface area contributed by atoms with Gasteiger partial charge in [-0.2, -0.15) is 0 Å². The van der Waals surface area contributed by atoms with E-state index in [0.29, 0.717) is 19.8 Å². The Bertz CT molecular complexity index is 572. The maximum Gasteiger partial charge on any atom is 0.308 e. The molecule has 2 rings (SSSR count). The van der Waals surface area contributed by atoms with Gasteiger partial charge in [0.05, 0.1) is 11.8 Å². The van der Waals surface area contributed by atoms with Crippen molar-refractivity contribution in [2.45, 2.75) is 39.0 Å². The summed E-state index contributed by atoms with van der Waals surface area (Å²) in [5, 5.41) is 9.18. The van der Waals surface area contributed by atoms with Crippen molar-refractivity contribution < 1.29 is 19.4 Å².